The predicted molar refractivity (Wildman–Crippen MR) is 140 cm³/mol. The standard InChI is InChI=1S/C28H26N6O2/c1-17-9-10-23(18(2)15-17)33-28(36)24-19(3)31-26-22(27(35)32-21-7-5-4-6-8-21)16-30-34(26)25(24)20-11-13-29-14-12-20/h4-16,25,31H,1-3H3,(H,32,35)(H,33,36)/t25-/m0/s1. The smallest absolute Gasteiger partial charge is 0.261 e. The summed E-state index contributed by atoms with van der Waals surface area (Å²) in [5.74, 6) is -0.0181. The van der Waals surface area contributed by atoms with Crippen molar-refractivity contribution in [3.8, 4) is 0 Å². The molecule has 2 amide bonds. The van der Waals surface area contributed by atoms with Crippen LogP contribution < -0.4 is 16.0 Å². The quantitative estimate of drug-likeness (QED) is 0.372. The number of benzene rings is 2. The minimum Gasteiger partial charge on any atom is -0.343 e. The van der Waals surface area contributed by atoms with Crippen LogP contribution in [0.4, 0.5) is 17.2 Å². The third kappa shape index (κ3) is 4.36. The molecular formula is C28H26N6O2. The second-order valence-corrected chi connectivity index (χ2v) is 8.79. The maximum Gasteiger partial charge on any atom is 0.261 e. The summed E-state index contributed by atoms with van der Waals surface area (Å²) >= 11 is 0. The molecule has 5 rings (SSSR count). The molecule has 0 bridgehead atoms. The number of aromatic nitrogens is 3. The number of nitrogens with zero attached hydrogens (tertiary/aromatic N) is 3. The molecule has 3 N–H and O–H groups in total. The number of hydrogen-bond donors (Lipinski definition) is 3. The summed E-state index contributed by atoms with van der Waals surface area (Å²) in [6, 6.07) is 18.3. The Morgan fingerprint density at radius 1 is 0.917 bits per heavy atom. The van der Waals surface area contributed by atoms with Gasteiger partial charge in [0, 0.05) is 29.5 Å². The van der Waals surface area contributed by atoms with Crippen molar-refractivity contribution >= 4 is 29.0 Å². The molecule has 1 aliphatic heterocycles. The van der Waals surface area contributed by atoms with Crippen LogP contribution in [0.15, 0.2) is 90.5 Å². The summed E-state index contributed by atoms with van der Waals surface area (Å²) in [7, 11) is 0. The van der Waals surface area contributed by atoms with Crippen LogP contribution in [0.5, 0.6) is 0 Å². The lowest BCUT2D eigenvalue weighted by molar-refractivity contribution is -0.113. The van der Waals surface area contributed by atoms with Gasteiger partial charge in [0.25, 0.3) is 11.8 Å². The van der Waals surface area contributed by atoms with Gasteiger partial charge in [-0.1, -0.05) is 35.9 Å². The van der Waals surface area contributed by atoms with Gasteiger partial charge >= 0.3 is 0 Å². The van der Waals surface area contributed by atoms with E-state index in [1.165, 1.54) is 6.20 Å². The number of fused-ring (bicyclic) bond motifs is 1. The Morgan fingerprint density at radius 2 is 1.67 bits per heavy atom. The van der Waals surface area contributed by atoms with Gasteiger partial charge in [-0.25, -0.2) is 4.68 Å². The first-order valence-corrected chi connectivity index (χ1v) is 11.6. The first-order chi connectivity index (χ1) is 17.4. The lowest BCUT2D eigenvalue weighted by atomic mass is 9.95. The number of aryl methyl sites for hydroxylation is 2. The molecule has 180 valence electrons. The van der Waals surface area contributed by atoms with Crippen LogP contribution in [-0.4, -0.2) is 26.6 Å². The Bertz CT molecular complexity index is 1470. The number of allylic oxidation sites excluding steroid dienone is 1. The minimum atomic E-state index is -0.548. The molecule has 0 fully saturated rings. The van der Waals surface area contributed by atoms with Crippen molar-refractivity contribution in [2.45, 2.75) is 26.8 Å². The van der Waals surface area contributed by atoms with Crippen LogP contribution in [-0.2, 0) is 4.79 Å². The van der Waals surface area contributed by atoms with Crippen LogP contribution in [0.1, 0.15) is 40.0 Å². The van der Waals surface area contributed by atoms with Gasteiger partial charge < -0.3 is 16.0 Å². The summed E-state index contributed by atoms with van der Waals surface area (Å²) in [4.78, 5) is 30.9. The second-order valence-electron chi connectivity index (χ2n) is 8.79. The highest BCUT2D eigenvalue weighted by Gasteiger charge is 2.35. The van der Waals surface area contributed by atoms with Crippen LogP contribution in [0, 0.1) is 13.8 Å². The van der Waals surface area contributed by atoms with E-state index < -0.39 is 6.04 Å². The molecule has 36 heavy (non-hydrogen) atoms. The zero-order chi connectivity index (χ0) is 25.2. The topological polar surface area (TPSA) is 101 Å². The second kappa shape index (κ2) is 9.50. The lowest BCUT2D eigenvalue weighted by Gasteiger charge is -2.30. The van der Waals surface area contributed by atoms with Crippen LogP contribution >= 0.6 is 0 Å². The number of nitrogens with one attached hydrogen (secondary N) is 3. The average molecular weight is 479 g/mol. The molecule has 1 aliphatic rings. The highest BCUT2D eigenvalue weighted by atomic mass is 16.2. The molecular weight excluding hydrogens is 452 g/mol. The summed E-state index contributed by atoms with van der Waals surface area (Å²) in [5.41, 5.74) is 5.89. The fourth-order valence-electron chi connectivity index (χ4n) is 4.43. The third-order valence-corrected chi connectivity index (χ3v) is 6.20. The van der Waals surface area contributed by atoms with E-state index in [1.807, 2.05) is 81.4 Å². The first-order valence-electron chi connectivity index (χ1n) is 11.6. The molecule has 0 radical (unpaired) electrons. The van der Waals surface area contributed by atoms with E-state index in [9.17, 15) is 9.59 Å². The molecule has 1 atom stereocenters. The molecule has 4 aromatic rings. The Morgan fingerprint density at radius 3 is 2.39 bits per heavy atom. The number of carbonyl (C=O) groups excluding carboxylic acids is 2. The molecule has 0 saturated heterocycles. The Labute approximate surface area is 209 Å². The van der Waals surface area contributed by atoms with Crippen molar-refractivity contribution in [2.24, 2.45) is 0 Å². The fourth-order valence-corrected chi connectivity index (χ4v) is 4.43. The Kier molecular flexibility index (Phi) is 6.08. The van der Waals surface area contributed by atoms with Gasteiger partial charge in [-0.3, -0.25) is 14.6 Å². The number of amides is 2. The number of rotatable bonds is 5. The molecule has 8 nitrogen and oxygen atoms in total. The van der Waals surface area contributed by atoms with Gasteiger partial charge in [0.1, 0.15) is 17.4 Å². The Balaban J connectivity index is 1.53. The minimum absolute atomic E-state index is 0.245. The van der Waals surface area contributed by atoms with Gasteiger partial charge in [-0.2, -0.15) is 5.10 Å². The number of anilines is 3. The van der Waals surface area contributed by atoms with Gasteiger partial charge in [0.15, 0.2) is 0 Å². The molecule has 2 aromatic carbocycles. The molecule has 0 spiro atoms. The summed E-state index contributed by atoms with van der Waals surface area (Å²) in [6.45, 7) is 5.81. The summed E-state index contributed by atoms with van der Waals surface area (Å²) in [6.07, 6.45) is 4.88. The summed E-state index contributed by atoms with van der Waals surface area (Å²) < 4.78 is 1.68. The van der Waals surface area contributed by atoms with Gasteiger partial charge in [-0.15, -0.1) is 0 Å². The van der Waals surface area contributed by atoms with Crippen LogP contribution in [0.3, 0.4) is 0 Å². The third-order valence-electron chi connectivity index (χ3n) is 6.20. The van der Waals surface area contributed by atoms with Gasteiger partial charge in [-0.05, 0) is 62.2 Å². The van der Waals surface area contributed by atoms with E-state index in [1.54, 1.807) is 17.1 Å². The van der Waals surface area contributed by atoms with Crippen molar-refractivity contribution in [3.05, 3.63) is 113 Å². The van der Waals surface area contributed by atoms with Crippen molar-refractivity contribution in [2.75, 3.05) is 16.0 Å². The lowest BCUT2D eigenvalue weighted by Crippen LogP contribution is -2.32. The van der Waals surface area contributed by atoms with Gasteiger partial charge in [0.2, 0.25) is 0 Å². The van der Waals surface area contributed by atoms with E-state index in [0.717, 1.165) is 22.4 Å². The largest absolute Gasteiger partial charge is 0.343 e. The normalized spacial score (nSPS) is 14.6. The van der Waals surface area contributed by atoms with Crippen molar-refractivity contribution in [1.29, 1.82) is 0 Å². The number of carbonyl (C=O) groups is 2. The number of hydrogen-bond acceptors (Lipinski definition) is 5. The molecule has 0 saturated carbocycles. The molecule has 0 unspecified atom stereocenters. The predicted octanol–water partition coefficient (Wildman–Crippen LogP) is 5.07. The van der Waals surface area contributed by atoms with Crippen molar-refractivity contribution in [3.63, 3.8) is 0 Å². The number of para-hydroxylation sites is 1. The highest BCUT2D eigenvalue weighted by molar-refractivity contribution is 6.09. The molecule has 0 aliphatic carbocycles. The zero-order valence-corrected chi connectivity index (χ0v) is 20.2. The van der Waals surface area contributed by atoms with Crippen LogP contribution in [0.25, 0.3) is 0 Å². The van der Waals surface area contributed by atoms with E-state index >= 15 is 0 Å². The van der Waals surface area contributed by atoms with E-state index in [0.29, 0.717) is 28.3 Å². The monoisotopic (exact) mass is 478 g/mol. The van der Waals surface area contributed by atoms with Gasteiger partial charge in [0.05, 0.1) is 11.8 Å². The maximum absolute atomic E-state index is 13.6. The van der Waals surface area contributed by atoms with E-state index in [-0.39, 0.29) is 11.8 Å². The van der Waals surface area contributed by atoms with Crippen molar-refractivity contribution < 1.29 is 9.59 Å². The summed E-state index contributed by atoms with van der Waals surface area (Å²) in [5, 5.41) is 13.8. The van der Waals surface area contributed by atoms with Crippen molar-refractivity contribution in [1.82, 2.24) is 14.8 Å². The first kappa shape index (κ1) is 23.0. The average Bonchev–Trinajstić information content (AvgIpc) is 3.29. The highest BCUT2D eigenvalue weighted by Crippen LogP contribution is 2.38. The SMILES string of the molecule is CC1=C(C(=O)Nc2ccc(C)cc2C)[C@H](c2ccncc2)n2ncc(C(=O)Nc3ccccc3)c2N1. The van der Waals surface area contributed by atoms with Crippen LogP contribution in [0.2, 0.25) is 0 Å². The zero-order valence-electron chi connectivity index (χ0n) is 20.2. The molecule has 8 heteroatoms. The Hall–Kier alpha value is -4.72. The fraction of sp³-hybridized carbons (Fsp3) is 0.143. The van der Waals surface area contributed by atoms with E-state index in [4.69, 9.17) is 0 Å². The van der Waals surface area contributed by atoms with E-state index in [2.05, 4.69) is 26.0 Å². The maximum atomic E-state index is 13.6. The molecule has 2 aromatic heterocycles. The number of pyridine rings is 1. The molecule has 3 heterocycles.